The Balaban J connectivity index is -0.000000597. The molecule has 0 aromatic carbocycles. The second-order valence-corrected chi connectivity index (χ2v) is 9.03. The number of thioether (sulfide) groups is 1. The highest BCUT2D eigenvalue weighted by Crippen LogP contribution is 2.36. The van der Waals surface area contributed by atoms with Crippen LogP contribution >= 0.6 is 11.8 Å². The molecule has 0 N–H and O–H groups in total. The Morgan fingerprint density at radius 2 is 1.50 bits per heavy atom. The van der Waals surface area contributed by atoms with Crippen LogP contribution in [0.5, 0.6) is 0 Å². The number of ether oxygens (including phenoxy) is 2. The molecule has 0 bridgehead atoms. The summed E-state index contributed by atoms with van der Waals surface area (Å²) in [6, 6.07) is 0. The number of hydrogen-bond acceptors (Lipinski definition) is 4. The normalized spacial score (nSPS) is 13.1. The topological polar surface area (TPSA) is 38.8 Å². The molecule has 0 saturated carbocycles. The summed E-state index contributed by atoms with van der Waals surface area (Å²) in [5.74, 6) is 0. The van der Waals surface area contributed by atoms with E-state index in [1.807, 2.05) is 101 Å². The van der Waals surface area contributed by atoms with E-state index in [1.54, 1.807) is 23.8 Å². The van der Waals surface area contributed by atoms with E-state index in [1.165, 1.54) is 4.91 Å². The van der Waals surface area contributed by atoms with E-state index < -0.39 is 5.60 Å². The van der Waals surface area contributed by atoms with Crippen LogP contribution in [0.1, 0.15) is 96.4 Å². The zero-order valence-corrected chi connectivity index (χ0v) is 24.6. The molecule has 0 heterocycles. The van der Waals surface area contributed by atoms with Crippen molar-refractivity contribution in [2.24, 2.45) is 0 Å². The van der Waals surface area contributed by atoms with Gasteiger partial charge in [-0.15, -0.1) is 11.8 Å². The van der Waals surface area contributed by atoms with Crippen LogP contribution in [0, 0.1) is 0 Å². The molecule has 1 unspecified atom stereocenters. The third-order valence-electron chi connectivity index (χ3n) is 3.61. The van der Waals surface area contributed by atoms with Gasteiger partial charge in [0.25, 0.3) is 0 Å². The lowest BCUT2D eigenvalue weighted by Gasteiger charge is -2.32. The van der Waals surface area contributed by atoms with Gasteiger partial charge in [0, 0.05) is 29.9 Å². The summed E-state index contributed by atoms with van der Waals surface area (Å²) in [5, 5.41) is 0. The second-order valence-electron chi connectivity index (χ2n) is 7.37. The minimum absolute atomic E-state index is 0.133. The van der Waals surface area contributed by atoms with Gasteiger partial charge < -0.3 is 14.4 Å². The number of nitrogens with zero attached hydrogens (tertiary/aromatic N) is 1. The van der Waals surface area contributed by atoms with Crippen LogP contribution in [0.3, 0.4) is 0 Å². The SMILES string of the molecule is CC.CC.CC.C\C=C/C=C\C(=C/C)SC(C)(CCN(CC)C(=O)OC(C)(C)C)COC. The van der Waals surface area contributed by atoms with Crippen molar-refractivity contribution < 1.29 is 14.3 Å². The van der Waals surface area contributed by atoms with Gasteiger partial charge in [0.05, 0.1) is 6.61 Å². The van der Waals surface area contributed by atoms with Crippen LogP contribution in [0.15, 0.2) is 35.3 Å². The predicted molar refractivity (Wildman–Crippen MR) is 148 cm³/mol. The maximum Gasteiger partial charge on any atom is 0.410 e. The Labute approximate surface area is 205 Å². The first kappa shape index (κ1) is 38.1. The smallest absolute Gasteiger partial charge is 0.410 e. The third-order valence-corrected chi connectivity index (χ3v) is 5.03. The molecule has 192 valence electrons. The number of rotatable bonds is 10. The van der Waals surface area contributed by atoms with Crippen LogP contribution in [0.2, 0.25) is 0 Å². The fourth-order valence-corrected chi connectivity index (χ4v) is 3.47. The zero-order chi connectivity index (χ0) is 26.2. The molecule has 0 saturated heterocycles. The summed E-state index contributed by atoms with van der Waals surface area (Å²) in [4.78, 5) is 15.3. The number of allylic oxidation sites excluding steroid dienone is 5. The standard InChI is InChI=1S/C21H37NO3S.3C2H6/c1-9-12-13-14-18(10-2)26-21(7,17-24-8)15-16-22(11-3)19(23)25-20(4,5)6;3*1-2/h9-10,12-14H,11,15-17H2,1-8H3;3*1-2H3/b12-9-,14-13-,18-10+;;;. The van der Waals surface area contributed by atoms with Crippen molar-refractivity contribution in [3.05, 3.63) is 35.3 Å². The van der Waals surface area contributed by atoms with Gasteiger partial charge in [0.1, 0.15) is 5.60 Å². The first-order chi connectivity index (χ1) is 15.1. The van der Waals surface area contributed by atoms with E-state index in [9.17, 15) is 4.79 Å². The van der Waals surface area contributed by atoms with Crippen LogP contribution in [-0.2, 0) is 9.47 Å². The first-order valence-corrected chi connectivity index (χ1v) is 13.0. The summed E-state index contributed by atoms with van der Waals surface area (Å²) >= 11 is 1.78. The minimum Gasteiger partial charge on any atom is -0.444 e. The fraction of sp³-hybridized carbons (Fsp3) is 0.741. The summed E-state index contributed by atoms with van der Waals surface area (Å²) in [6.45, 7) is 27.7. The van der Waals surface area contributed by atoms with Crippen molar-refractivity contribution in [1.82, 2.24) is 4.90 Å². The van der Waals surface area contributed by atoms with Gasteiger partial charge in [-0.05, 0) is 61.0 Å². The maximum atomic E-state index is 12.4. The molecule has 0 aliphatic rings. The lowest BCUT2D eigenvalue weighted by atomic mass is 10.1. The van der Waals surface area contributed by atoms with Crippen molar-refractivity contribution in [2.75, 3.05) is 26.8 Å². The first-order valence-electron chi connectivity index (χ1n) is 12.2. The van der Waals surface area contributed by atoms with E-state index in [2.05, 4.69) is 19.1 Å². The van der Waals surface area contributed by atoms with E-state index in [0.29, 0.717) is 19.7 Å². The fourth-order valence-electron chi connectivity index (χ4n) is 2.27. The van der Waals surface area contributed by atoms with Crippen LogP contribution in [-0.4, -0.2) is 48.1 Å². The molecule has 0 rings (SSSR count). The van der Waals surface area contributed by atoms with E-state index in [4.69, 9.17) is 9.47 Å². The lowest BCUT2D eigenvalue weighted by Crippen LogP contribution is -2.40. The summed E-state index contributed by atoms with van der Waals surface area (Å²) < 4.78 is 10.8. The van der Waals surface area contributed by atoms with Gasteiger partial charge in [-0.3, -0.25) is 0 Å². The summed E-state index contributed by atoms with van der Waals surface area (Å²) in [6.07, 6.45) is 10.8. The number of hydrogen-bond donors (Lipinski definition) is 0. The summed E-state index contributed by atoms with van der Waals surface area (Å²) in [7, 11) is 1.72. The van der Waals surface area contributed by atoms with Crippen molar-refractivity contribution in [3.63, 3.8) is 0 Å². The van der Waals surface area contributed by atoms with Crippen molar-refractivity contribution in [3.8, 4) is 0 Å². The molecule has 0 spiro atoms. The Hall–Kier alpha value is -1.20. The molecular formula is C27H55NO3S. The minimum atomic E-state index is -0.481. The molecule has 1 amide bonds. The number of amides is 1. The number of methoxy groups -OCH3 is 1. The molecule has 0 aromatic rings. The molecule has 0 radical (unpaired) electrons. The van der Waals surface area contributed by atoms with Gasteiger partial charge in [-0.25, -0.2) is 4.79 Å². The molecular weight excluding hydrogens is 418 g/mol. The molecule has 4 nitrogen and oxygen atoms in total. The highest BCUT2D eigenvalue weighted by Gasteiger charge is 2.29. The molecule has 1 atom stereocenters. The van der Waals surface area contributed by atoms with E-state index >= 15 is 0 Å². The zero-order valence-electron chi connectivity index (χ0n) is 23.8. The lowest BCUT2D eigenvalue weighted by molar-refractivity contribution is 0.0248. The average molecular weight is 474 g/mol. The van der Waals surface area contributed by atoms with Gasteiger partial charge in [-0.2, -0.15) is 0 Å². The molecule has 5 heteroatoms. The van der Waals surface area contributed by atoms with E-state index in [0.717, 1.165) is 6.42 Å². The van der Waals surface area contributed by atoms with Gasteiger partial charge >= 0.3 is 6.09 Å². The van der Waals surface area contributed by atoms with Crippen molar-refractivity contribution >= 4 is 17.9 Å². The largest absolute Gasteiger partial charge is 0.444 e. The summed E-state index contributed by atoms with van der Waals surface area (Å²) in [5.41, 5.74) is -0.481. The van der Waals surface area contributed by atoms with Crippen molar-refractivity contribution in [2.45, 2.75) is 107 Å². The molecule has 32 heavy (non-hydrogen) atoms. The molecule has 0 aromatic heterocycles. The predicted octanol–water partition coefficient (Wildman–Crippen LogP) is 8.89. The third kappa shape index (κ3) is 22.0. The molecule has 0 aliphatic carbocycles. The average Bonchev–Trinajstić information content (AvgIpc) is 2.77. The highest BCUT2D eigenvalue weighted by atomic mass is 32.2. The quantitative estimate of drug-likeness (QED) is 0.297. The Morgan fingerprint density at radius 3 is 1.88 bits per heavy atom. The van der Waals surface area contributed by atoms with Crippen LogP contribution in [0.4, 0.5) is 4.79 Å². The van der Waals surface area contributed by atoms with Gasteiger partial charge in [0.15, 0.2) is 0 Å². The molecule has 0 aliphatic heterocycles. The number of carbonyl (C=O) groups excluding carboxylic acids is 1. The maximum absolute atomic E-state index is 12.4. The van der Waals surface area contributed by atoms with Crippen LogP contribution in [0.25, 0.3) is 0 Å². The van der Waals surface area contributed by atoms with Gasteiger partial charge in [-0.1, -0.05) is 65.8 Å². The Kier molecular flexibility index (Phi) is 29.1. The Morgan fingerprint density at radius 1 is 0.969 bits per heavy atom. The van der Waals surface area contributed by atoms with Gasteiger partial charge in [0.2, 0.25) is 0 Å². The monoisotopic (exact) mass is 473 g/mol. The second kappa shape index (κ2) is 24.4. The van der Waals surface area contributed by atoms with E-state index in [-0.39, 0.29) is 10.8 Å². The number of carbonyl (C=O) groups is 1. The van der Waals surface area contributed by atoms with Crippen molar-refractivity contribution in [1.29, 1.82) is 0 Å². The van der Waals surface area contributed by atoms with Crippen LogP contribution < -0.4 is 0 Å². The highest BCUT2D eigenvalue weighted by molar-refractivity contribution is 8.04. The molecule has 0 fully saturated rings. The Bertz CT molecular complexity index is 508.